The summed E-state index contributed by atoms with van der Waals surface area (Å²) in [5, 5.41) is 8.81. The van der Waals surface area contributed by atoms with Gasteiger partial charge in [0.05, 0.1) is 18.2 Å². The minimum atomic E-state index is 0.610. The third kappa shape index (κ3) is 3.47. The third-order valence-corrected chi connectivity index (χ3v) is 2.06. The molecule has 0 unspecified atom stereocenters. The first-order valence-corrected chi connectivity index (χ1v) is 5.10. The van der Waals surface area contributed by atoms with Crippen LogP contribution in [-0.2, 0) is 0 Å². The van der Waals surface area contributed by atoms with Crippen LogP contribution in [0.1, 0.15) is 30.9 Å². The Hall–Kier alpha value is -1.75. The number of hydrogen-bond acceptors (Lipinski definition) is 2. The second kappa shape index (κ2) is 5.87. The van der Waals surface area contributed by atoms with Gasteiger partial charge in [0.1, 0.15) is 5.75 Å². The fraction of sp³-hybridized carbons (Fsp3) is 0.308. The van der Waals surface area contributed by atoms with Crippen molar-refractivity contribution in [2.75, 3.05) is 6.61 Å². The first-order chi connectivity index (χ1) is 7.30. The first-order valence-electron chi connectivity index (χ1n) is 5.10. The fourth-order valence-electron chi connectivity index (χ4n) is 1.22. The van der Waals surface area contributed by atoms with Gasteiger partial charge >= 0.3 is 0 Å². The Morgan fingerprint density at radius 2 is 2.27 bits per heavy atom. The second-order valence-electron chi connectivity index (χ2n) is 3.31. The molecule has 1 aromatic carbocycles. The van der Waals surface area contributed by atoms with E-state index < -0.39 is 0 Å². The maximum absolute atomic E-state index is 8.81. The highest BCUT2D eigenvalue weighted by atomic mass is 16.5. The van der Waals surface area contributed by atoms with E-state index in [9.17, 15) is 0 Å². The molecule has 2 heteroatoms. The van der Waals surface area contributed by atoms with Crippen molar-refractivity contribution in [3.63, 3.8) is 0 Å². The maximum atomic E-state index is 8.81. The summed E-state index contributed by atoms with van der Waals surface area (Å²) in [4.78, 5) is 0. The predicted molar refractivity (Wildman–Crippen MR) is 61.7 cm³/mol. The summed E-state index contributed by atoms with van der Waals surface area (Å²) in [7, 11) is 0. The molecule has 0 aromatic heterocycles. The van der Waals surface area contributed by atoms with Crippen LogP contribution in [0.4, 0.5) is 0 Å². The van der Waals surface area contributed by atoms with Crippen LogP contribution in [0.3, 0.4) is 0 Å². The average molecular weight is 201 g/mol. The number of nitrogens with zero attached hydrogens (tertiary/aromatic N) is 1. The minimum absolute atomic E-state index is 0.610. The van der Waals surface area contributed by atoms with Gasteiger partial charge in [0.2, 0.25) is 0 Å². The van der Waals surface area contributed by atoms with E-state index in [4.69, 9.17) is 10.00 Å². The SMILES string of the molecule is C=Cc1cc(C#N)cc(OCCCC)c1. The van der Waals surface area contributed by atoms with Gasteiger partial charge in [-0.05, 0) is 30.2 Å². The molecule has 0 aliphatic heterocycles. The van der Waals surface area contributed by atoms with Gasteiger partial charge in [0.15, 0.2) is 0 Å². The number of hydrogen-bond donors (Lipinski definition) is 0. The Kier molecular flexibility index (Phi) is 4.43. The van der Waals surface area contributed by atoms with Gasteiger partial charge in [0, 0.05) is 0 Å². The first kappa shape index (κ1) is 11.3. The molecule has 0 atom stereocenters. The number of unbranched alkanes of at least 4 members (excludes halogenated alkanes) is 1. The molecule has 0 N–H and O–H groups in total. The summed E-state index contributed by atoms with van der Waals surface area (Å²) in [5.41, 5.74) is 1.53. The second-order valence-corrected chi connectivity index (χ2v) is 3.31. The van der Waals surface area contributed by atoms with Gasteiger partial charge in [-0.1, -0.05) is 26.0 Å². The van der Waals surface area contributed by atoms with Gasteiger partial charge in [-0.2, -0.15) is 5.26 Å². The summed E-state index contributed by atoms with van der Waals surface area (Å²) in [6.07, 6.45) is 3.85. The molecule has 0 aliphatic rings. The van der Waals surface area contributed by atoms with E-state index >= 15 is 0 Å². The number of rotatable bonds is 5. The molecule has 1 rings (SSSR count). The number of benzene rings is 1. The van der Waals surface area contributed by atoms with Crippen LogP contribution in [0.2, 0.25) is 0 Å². The van der Waals surface area contributed by atoms with Crippen molar-refractivity contribution < 1.29 is 4.74 Å². The number of nitriles is 1. The predicted octanol–water partition coefficient (Wildman–Crippen LogP) is 3.38. The smallest absolute Gasteiger partial charge is 0.121 e. The molecule has 0 aliphatic carbocycles. The zero-order chi connectivity index (χ0) is 11.1. The molecular formula is C13H15NO. The topological polar surface area (TPSA) is 33.0 Å². The lowest BCUT2D eigenvalue weighted by atomic mass is 10.1. The largest absolute Gasteiger partial charge is 0.494 e. The normalized spacial score (nSPS) is 9.33. The molecule has 0 heterocycles. The van der Waals surface area contributed by atoms with Crippen LogP contribution in [0.15, 0.2) is 24.8 Å². The van der Waals surface area contributed by atoms with Crippen LogP contribution in [-0.4, -0.2) is 6.61 Å². The van der Waals surface area contributed by atoms with Crippen molar-refractivity contribution in [1.29, 1.82) is 5.26 Å². The summed E-state index contributed by atoms with van der Waals surface area (Å²) in [5.74, 6) is 0.748. The zero-order valence-electron chi connectivity index (χ0n) is 8.99. The zero-order valence-corrected chi connectivity index (χ0v) is 8.99. The van der Waals surface area contributed by atoms with E-state index in [1.165, 1.54) is 0 Å². The van der Waals surface area contributed by atoms with Crippen molar-refractivity contribution in [1.82, 2.24) is 0 Å². The highest BCUT2D eigenvalue weighted by Gasteiger charge is 1.99. The van der Waals surface area contributed by atoms with Gasteiger partial charge < -0.3 is 4.74 Å². The lowest BCUT2D eigenvalue weighted by Crippen LogP contribution is -1.97. The van der Waals surface area contributed by atoms with Crippen LogP contribution in [0.25, 0.3) is 6.08 Å². The molecule has 15 heavy (non-hydrogen) atoms. The highest BCUT2D eigenvalue weighted by molar-refractivity contribution is 5.54. The van der Waals surface area contributed by atoms with Crippen molar-refractivity contribution in [2.24, 2.45) is 0 Å². The molecular weight excluding hydrogens is 186 g/mol. The molecule has 0 radical (unpaired) electrons. The molecule has 0 saturated heterocycles. The Morgan fingerprint density at radius 1 is 1.47 bits per heavy atom. The molecule has 1 aromatic rings. The van der Waals surface area contributed by atoms with Gasteiger partial charge in [-0.15, -0.1) is 0 Å². The summed E-state index contributed by atoms with van der Waals surface area (Å²) < 4.78 is 5.53. The molecule has 0 bridgehead atoms. The fourth-order valence-corrected chi connectivity index (χ4v) is 1.22. The minimum Gasteiger partial charge on any atom is -0.494 e. The Bertz CT molecular complexity index is 377. The summed E-state index contributed by atoms with van der Waals surface area (Å²) >= 11 is 0. The molecule has 0 fully saturated rings. The van der Waals surface area contributed by atoms with Gasteiger partial charge in [0.25, 0.3) is 0 Å². The lowest BCUT2D eigenvalue weighted by Gasteiger charge is -2.06. The Balaban J connectivity index is 2.79. The van der Waals surface area contributed by atoms with E-state index in [-0.39, 0.29) is 0 Å². The van der Waals surface area contributed by atoms with Crippen LogP contribution in [0, 0.1) is 11.3 Å². The monoisotopic (exact) mass is 201 g/mol. The van der Waals surface area contributed by atoms with Crippen molar-refractivity contribution in [2.45, 2.75) is 19.8 Å². The summed E-state index contributed by atoms with van der Waals surface area (Å²) in [6.45, 7) is 6.49. The standard InChI is InChI=1S/C13H15NO/c1-3-5-6-15-13-8-11(4-2)7-12(9-13)10-14/h4,7-9H,2-3,5-6H2,1H3. The molecule has 0 spiro atoms. The van der Waals surface area contributed by atoms with Crippen LogP contribution >= 0.6 is 0 Å². The molecule has 0 saturated carbocycles. The van der Waals surface area contributed by atoms with Crippen molar-refractivity contribution >= 4 is 6.08 Å². The average Bonchev–Trinajstić information content (AvgIpc) is 2.29. The Morgan fingerprint density at radius 3 is 2.87 bits per heavy atom. The van der Waals surface area contributed by atoms with Gasteiger partial charge in [-0.3, -0.25) is 0 Å². The van der Waals surface area contributed by atoms with E-state index in [2.05, 4.69) is 19.6 Å². The Labute approximate surface area is 90.8 Å². The van der Waals surface area contributed by atoms with Crippen LogP contribution < -0.4 is 4.74 Å². The van der Waals surface area contributed by atoms with E-state index in [1.54, 1.807) is 18.2 Å². The van der Waals surface area contributed by atoms with Gasteiger partial charge in [-0.25, -0.2) is 0 Å². The quantitative estimate of drug-likeness (QED) is 0.684. The number of ether oxygens (including phenoxy) is 1. The third-order valence-electron chi connectivity index (χ3n) is 2.06. The molecule has 2 nitrogen and oxygen atoms in total. The van der Waals surface area contributed by atoms with Crippen LogP contribution in [0.5, 0.6) is 5.75 Å². The van der Waals surface area contributed by atoms with E-state index in [0.717, 1.165) is 24.2 Å². The van der Waals surface area contributed by atoms with E-state index in [1.807, 2.05) is 6.07 Å². The van der Waals surface area contributed by atoms with Crippen molar-refractivity contribution in [3.8, 4) is 11.8 Å². The van der Waals surface area contributed by atoms with Crippen molar-refractivity contribution in [3.05, 3.63) is 35.9 Å². The molecule has 0 amide bonds. The summed E-state index contributed by atoms with van der Waals surface area (Å²) in [6, 6.07) is 7.54. The lowest BCUT2D eigenvalue weighted by molar-refractivity contribution is 0.309. The van der Waals surface area contributed by atoms with E-state index in [0.29, 0.717) is 12.2 Å². The maximum Gasteiger partial charge on any atom is 0.121 e. The molecule has 78 valence electrons. The highest BCUT2D eigenvalue weighted by Crippen LogP contribution is 2.18.